The number of nitrogens with one attached hydrogen (secondary N) is 1. The van der Waals surface area contributed by atoms with Gasteiger partial charge in [0.2, 0.25) is 0 Å². The van der Waals surface area contributed by atoms with Crippen molar-refractivity contribution in [2.45, 2.75) is 65.5 Å². The maximum Gasteiger partial charge on any atom is 0.119 e. The molecule has 0 fully saturated rings. The molecule has 0 radical (unpaired) electrons. The summed E-state index contributed by atoms with van der Waals surface area (Å²) in [4.78, 5) is 0. The highest BCUT2D eigenvalue weighted by Crippen LogP contribution is 2.15. The van der Waals surface area contributed by atoms with E-state index in [1.54, 1.807) is 0 Å². The number of hydrogen-bond acceptors (Lipinski definition) is 2. The molecule has 0 aliphatic heterocycles. The lowest BCUT2D eigenvalue weighted by atomic mass is 9.98. The molecule has 0 aromatic heterocycles. The van der Waals surface area contributed by atoms with Crippen molar-refractivity contribution in [1.29, 1.82) is 0 Å². The van der Waals surface area contributed by atoms with E-state index in [2.05, 4.69) is 57.3 Å². The van der Waals surface area contributed by atoms with Gasteiger partial charge in [0.25, 0.3) is 0 Å². The summed E-state index contributed by atoms with van der Waals surface area (Å²) in [5, 5.41) is 3.61. The Morgan fingerprint density at radius 1 is 1.05 bits per heavy atom. The minimum absolute atomic E-state index is 0.213. The molecule has 0 bridgehead atoms. The highest BCUT2D eigenvalue weighted by molar-refractivity contribution is 5.27. The Hall–Kier alpha value is -1.02. The van der Waals surface area contributed by atoms with Gasteiger partial charge in [0.15, 0.2) is 0 Å². The first-order chi connectivity index (χ1) is 9.07. The molecule has 1 rings (SSSR count). The van der Waals surface area contributed by atoms with Crippen LogP contribution in [0.15, 0.2) is 24.3 Å². The largest absolute Gasteiger partial charge is 0.494 e. The summed E-state index contributed by atoms with van der Waals surface area (Å²) in [5.41, 5.74) is 1.53. The van der Waals surface area contributed by atoms with Crippen LogP contribution in [0.3, 0.4) is 0 Å². The van der Waals surface area contributed by atoms with Crippen LogP contribution in [0.25, 0.3) is 0 Å². The first-order valence-electron chi connectivity index (χ1n) is 7.54. The van der Waals surface area contributed by atoms with Crippen LogP contribution in [0.1, 0.15) is 58.9 Å². The fourth-order valence-electron chi connectivity index (χ4n) is 2.09. The van der Waals surface area contributed by atoms with E-state index in [0.717, 1.165) is 25.3 Å². The Morgan fingerprint density at radius 3 is 2.32 bits per heavy atom. The Morgan fingerprint density at radius 2 is 1.74 bits per heavy atom. The van der Waals surface area contributed by atoms with Crippen LogP contribution in [0.2, 0.25) is 0 Å². The van der Waals surface area contributed by atoms with E-state index in [4.69, 9.17) is 4.74 Å². The van der Waals surface area contributed by atoms with E-state index in [-0.39, 0.29) is 5.54 Å². The lowest BCUT2D eigenvalue weighted by Gasteiger charge is -2.26. The Labute approximate surface area is 118 Å². The number of ether oxygens (including phenoxy) is 1. The highest BCUT2D eigenvalue weighted by atomic mass is 16.5. The molecule has 0 heterocycles. The maximum atomic E-state index is 5.66. The monoisotopic (exact) mass is 263 g/mol. The molecule has 0 atom stereocenters. The minimum Gasteiger partial charge on any atom is -0.494 e. The van der Waals surface area contributed by atoms with E-state index in [1.165, 1.54) is 24.8 Å². The molecule has 1 N–H and O–H groups in total. The molecule has 0 aliphatic rings. The van der Waals surface area contributed by atoms with E-state index >= 15 is 0 Å². The van der Waals surface area contributed by atoms with Gasteiger partial charge >= 0.3 is 0 Å². The Kier molecular flexibility index (Phi) is 6.93. The van der Waals surface area contributed by atoms with Gasteiger partial charge in [-0.05, 0) is 44.4 Å². The van der Waals surface area contributed by atoms with Crippen LogP contribution in [-0.4, -0.2) is 12.1 Å². The second-order valence-corrected chi connectivity index (χ2v) is 5.83. The van der Waals surface area contributed by atoms with Gasteiger partial charge in [-0.3, -0.25) is 0 Å². The molecular formula is C17H29NO. The van der Waals surface area contributed by atoms with Gasteiger partial charge in [-0.15, -0.1) is 0 Å². The van der Waals surface area contributed by atoms with Crippen molar-refractivity contribution in [1.82, 2.24) is 5.32 Å². The van der Waals surface area contributed by atoms with Gasteiger partial charge in [-0.2, -0.15) is 0 Å². The summed E-state index contributed by atoms with van der Waals surface area (Å²) in [6, 6.07) is 8.44. The summed E-state index contributed by atoms with van der Waals surface area (Å²) in [6.07, 6.45) is 4.71. The summed E-state index contributed by atoms with van der Waals surface area (Å²) < 4.78 is 5.66. The molecule has 0 spiro atoms. The summed E-state index contributed by atoms with van der Waals surface area (Å²) in [5.74, 6) is 0.977. The molecule has 0 unspecified atom stereocenters. The minimum atomic E-state index is 0.213. The third-order valence-corrected chi connectivity index (χ3v) is 3.34. The van der Waals surface area contributed by atoms with Crippen LogP contribution >= 0.6 is 0 Å². The number of rotatable bonds is 9. The number of unbranched alkanes of at least 4 members (excludes halogenated alkanes) is 1. The lowest BCUT2D eigenvalue weighted by molar-refractivity contribution is 0.309. The fourth-order valence-corrected chi connectivity index (χ4v) is 2.09. The average molecular weight is 263 g/mol. The standard InChI is InChI=1S/C17H29NO/c1-5-7-13-19-16-10-8-15(9-11-16)14-18-17(3,4)12-6-2/h8-11,18H,5-7,12-14H2,1-4H3. The van der Waals surface area contributed by atoms with E-state index in [1.807, 2.05) is 0 Å². The first-order valence-corrected chi connectivity index (χ1v) is 7.54. The molecule has 2 nitrogen and oxygen atoms in total. The molecule has 2 heteroatoms. The Balaban J connectivity index is 2.39. The van der Waals surface area contributed by atoms with Crippen molar-refractivity contribution in [3.63, 3.8) is 0 Å². The molecule has 0 saturated carbocycles. The third kappa shape index (κ3) is 6.63. The lowest BCUT2D eigenvalue weighted by Crippen LogP contribution is -2.38. The van der Waals surface area contributed by atoms with Gasteiger partial charge < -0.3 is 10.1 Å². The van der Waals surface area contributed by atoms with Crippen molar-refractivity contribution in [3.8, 4) is 5.75 Å². The molecular weight excluding hydrogens is 234 g/mol. The molecule has 0 aliphatic carbocycles. The van der Waals surface area contributed by atoms with Gasteiger partial charge in [0.1, 0.15) is 5.75 Å². The van der Waals surface area contributed by atoms with Crippen LogP contribution < -0.4 is 10.1 Å². The van der Waals surface area contributed by atoms with E-state index in [9.17, 15) is 0 Å². The van der Waals surface area contributed by atoms with Crippen LogP contribution in [0, 0.1) is 0 Å². The zero-order valence-corrected chi connectivity index (χ0v) is 13.0. The smallest absolute Gasteiger partial charge is 0.119 e. The normalized spacial score (nSPS) is 11.6. The van der Waals surface area contributed by atoms with Crippen molar-refractivity contribution in [3.05, 3.63) is 29.8 Å². The van der Waals surface area contributed by atoms with Crippen molar-refractivity contribution < 1.29 is 4.74 Å². The number of benzene rings is 1. The van der Waals surface area contributed by atoms with Crippen molar-refractivity contribution >= 4 is 0 Å². The van der Waals surface area contributed by atoms with Crippen LogP contribution in [0.5, 0.6) is 5.75 Å². The topological polar surface area (TPSA) is 21.3 Å². The predicted molar refractivity (Wildman–Crippen MR) is 82.7 cm³/mol. The van der Waals surface area contributed by atoms with Crippen molar-refractivity contribution in [2.24, 2.45) is 0 Å². The predicted octanol–water partition coefficient (Wildman–Crippen LogP) is 4.53. The van der Waals surface area contributed by atoms with Crippen LogP contribution in [-0.2, 0) is 6.54 Å². The summed E-state index contributed by atoms with van der Waals surface area (Å²) in [6.45, 7) is 10.7. The first kappa shape index (κ1) is 16.0. The molecule has 108 valence electrons. The summed E-state index contributed by atoms with van der Waals surface area (Å²) >= 11 is 0. The quantitative estimate of drug-likeness (QED) is 0.661. The molecule has 1 aromatic rings. The fraction of sp³-hybridized carbons (Fsp3) is 0.647. The second-order valence-electron chi connectivity index (χ2n) is 5.83. The van der Waals surface area contributed by atoms with Gasteiger partial charge in [-0.1, -0.05) is 38.8 Å². The zero-order valence-electron chi connectivity index (χ0n) is 13.0. The highest BCUT2D eigenvalue weighted by Gasteiger charge is 2.14. The maximum absolute atomic E-state index is 5.66. The second kappa shape index (κ2) is 8.21. The van der Waals surface area contributed by atoms with Gasteiger partial charge in [0.05, 0.1) is 6.61 Å². The van der Waals surface area contributed by atoms with Crippen molar-refractivity contribution in [2.75, 3.05) is 6.61 Å². The molecule has 1 aromatic carbocycles. The van der Waals surface area contributed by atoms with Crippen LogP contribution in [0.4, 0.5) is 0 Å². The summed E-state index contributed by atoms with van der Waals surface area (Å²) in [7, 11) is 0. The third-order valence-electron chi connectivity index (χ3n) is 3.34. The zero-order chi connectivity index (χ0) is 14.1. The van der Waals surface area contributed by atoms with Gasteiger partial charge in [0, 0.05) is 12.1 Å². The Bertz CT molecular complexity index is 343. The van der Waals surface area contributed by atoms with E-state index < -0.39 is 0 Å². The SMILES string of the molecule is CCCCOc1ccc(CNC(C)(C)CCC)cc1. The van der Waals surface area contributed by atoms with Gasteiger partial charge in [-0.25, -0.2) is 0 Å². The average Bonchev–Trinajstić information content (AvgIpc) is 2.38. The van der Waals surface area contributed by atoms with E-state index in [0.29, 0.717) is 0 Å². The molecule has 0 saturated heterocycles. The number of hydrogen-bond donors (Lipinski definition) is 1. The molecule has 0 amide bonds. The molecule has 19 heavy (non-hydrogen) atoms.